The van der Waals surface area contributed by atoms with Gasteiger partial charge in [0, 0.05) is 12.6 Å². The van der Waals surface area contributed by atoms with Crippen LogP contribution in [-0.4, -0.2) is 51.4 Å². The van der Waals surface area contributed by atoms with E-state index in [0.717, 1.165) is 6.42 Å². The van der Waals surface area contributed by atoms with E-state index in [-0.39, 0.29) is 19.4 Å². The lowest BCUT2D eigenvalue weighted by Gasteiger charge is -2.33. The average Bonchev–Trinajstić information content (AvgIpc) is 3.35. The summed E-state index contributed by atoms with van der Waals surface area (Å²) < 4.78 is 96.9. The number of rotatable bonds is 4. The zero-order valence-corrected chi connectivity index (χ0v) is 21.9. The molecule has 0 spiro atoms. The minimum absolute atomic E-state index is 0.0105. The van der Waals surface area contributed by atoms with Crippen molar-refractivity contribution in [3.8, 4) is 11.6 Å². The molecule has 0 saturated carbocycles. The predicted molar refractivity (Wildman–Crippen MR) is 131 cm³/mol. The van der Waals surface area contributed by atoms with Gasteiger partial charge >= 0.3 is 12.4 Å². The summed E-state index contributed by atoms with van der Waals surface area (Å²) in [4.78, 5) is 18.3. The third kappa shape index (κ3) is 6.01. The van der Waals surface area contributed by atoms with Gasteiger partial charge in [0.2, 0.25) is 11.5 Å². The summed E-state index contributed by atoms with van der Waals surface area (Å²) in [6, 6.07) is 0.139. The zero-order valence-electron chi connectivity index (χ0n) is 21.9. The Morgan fingerprint density at radius 2 is 1.90 bits per heavy atom. The number of hydrogen-bond donors (Lipinski definition) is 1. The fourth-order valence-electron chi connectivity index (χ4n) is 4.74. The van der Waals surface area contributed by atoms with Gasteiger partial charge in [-0.3, -0.25) is 4.79 Å². The highest BCUT2D eigenvalue weighted by molar-refractivity contribution is 5.80. The number of halogens is 6. The van der Waals surface area contributed by atoms with Gasteiger partial charge in [0.05, 0.1) is 30.0 Å². The second kappa shape index (κ2) is 11.2. The number of hydrogen-bond acceptors (Lipinski definition) is 7. The van der Waals surface area contributed by atoms with Crippen molar-refractivity contribution in [2.24, 2.45) is 0 Å². The number of aromatic nitrogens is 3. The maximum atomic E-state index is 14.8. The number of carbonyl (C=O) groups is 1. The fraction of sp³-hybridized carbons (Fsp3) is 0.538. The Labute approximate surface area is 226 Å². The fourth-order valence-corrected chi connectivity index (χ4v) is 4.74. The van der Waals surface area contributed by atoms with Crippen molar-refractivity contribution in [3.63, 3.8) is 0 Å². The molecule has 2 aliphatic rings. The molecule has 0 fully saturated rings. The number of pyridine rings is 1. The second-order valence-electron chi connectivity index (χ2n) is 10.0. The van der Waals surface area contributed by atoms with Crippen molar-refractivity contribution < 1.29 is 40.3 Å². The molecule has 0 aromatic carbocycles. The van der Waals surface area contributed by atoms with Crippen molar-refractivity contribution in [1.29, 1.82) is 0 Å². The topological polar surface area (TPSA) is 107 Å². The van der Waals surface area contributed by atoms with Gasteiger partial charge in [0.15, 0.2) is 5.69 Å². The van der Waals surface area contributed by atoms with Crippen molar-refractivity contribution in [2.45, 2.75) is 76.4 Å². The van der Waals surface area contributed by atoms with Gasteiger partial charge in [0.25, 0.3) is 11.8 Å². The molecule has 40 heavy (non-hydrogen) atoms. The molecule has 4 rings (SSSR count). The maximum Gasteiger partial charge on any atom is 0.426 e. The number of alkyl halides is 6. The highest BCUT2D eigenvalue weighted by atomic mass is 19.4. The molecule has 1 unspecified atom stereocenters. The first kappa shape index (κ1) is 29.6. The number of fused-ring (bicyclic) bond motifs is 5. The van der Waals surface area contributed by atoms with E-state index in [0.29, 0.717) is 18.1 Å². The van der Waals surface area contributed by atoms with Crippen LogP contribution in [0.5, 0.6) is 0 Å². The Hall–Kier alpha value is -3.42. The van der Waals surface area contributed by atoms with E-state index in [9.17, 15) is 31.1 Å². The monoisotopic (exact) mass is 573 g/mol. The highest BCUT2D eigenvalue weighted by Crippen LogP contribution is 2.47. The Morgan fingerprint density at radius 1 is 1.15 bits per heavy atom. The number of nitrogen functional groups attached to an aromatic ring is 1. The van der Waals surface area contributed by atoms with Crippen molar-refractivity contribution >= 4 is 11.6 Å². The van der Waals surface area contributed by atoms with E-state index in [1.807, 2.05) is 6.08 Å². The molecule has 218 valence electrons. The minimum Gasteiger partial charge on any atom is -0.416 e. The van der Waals surface area contributed by atoms with Gasteiger partial charge < -0.3 is 19.8 Å². The van der Waals surface area contributed by atoms with Gasteiger partial charge in [0.1, 0.15) is 0 Å². The van der Waals surface area contributed by atoms with E-state index >= 15 is 0 Å². The summed E-state index contributed by atoms with van der Waals surface area (Å²) in [5, 5.41) is 7.28. The Bertz CT molecular complexity index is 1300. The maximum absolute atomic E-state index is 14.8. The largest absolute Gasteiger partial charge is 0.426 e. The predicted octanol–water partition coefficient (Wildman–Crippen LogP) is 5.75. The van der Waals surface area contributed by atoms with Crippen LogP contribution in [0.15, 0.2) is 34.3 Å². The van der Waals surface area contributed by atoms with Crippen molar-refractivity contribution in [2.75, 3.05) is 18.9 Å². The molecular formula is C26H29F6N5O3. The van der Waals surface area contributed by atoms with Crippen LogP contribution in [0.3, 0.4) is 0 Å². The van der Waals surface area contributed by atoms with Crippen LogP contribution in [0.1, 0.15) is 63.1 Å². The third-order valence-corrected chi connectivity index (χ3v) is 6.86. The van der Waals surface area contributed by atoms with E-state index in [2.05, 4.69) is 15.2 Å². The molecule has 0 radical (unpaired) electrons. The first-order valence-electron chi connectivity index (χ1n) is 12.8. The van der Waals surface area contributed by atoms with Gasteiger partial charge in [-0.2, -0.15) is 26.3 Å². The van der Waals surface area contributed by atoms with Crippen LogP contribution >= 0.6 is 0 Å². The lowest BCUT2D eigenvalue weighted by Crippen LogP contribution is -2.46. The molecule has 3 heterocycles. The second-order valence-corrected chi connectivity index (χ2v) is 10.0. The lowest BCUT2D eigenvalue weighted by molar-refractivity contribution is -0.293. The van der Waals surface area contributed by atoms with Crippen LogP contribution in [0, 0.1) is 0 Å². The quantitative estimate of drug-likeness (QED) is 0.465. The van der Waals surface area contributed by atoms with Gasteiger partial charge in [-0.15, -0.1) is 10.2 Å². The molecular weight excluding hydrogens is 544 g/mol. The van der Waals surface area contributed by atoms with E-state index in [4.69, 9.17) is 14.9 Å². The first-order valence-corrected chi connectivity index (χ1v) is 12.8. The number of carbonyl (C=O) groups excluding carboxylic acids is 1. The minimum atomic E-state index is -5.01. The summed E-state index contributed by atoms with van der Waals surface area (Å²) >= 11 is 0. The molecule has 0 saturated heterocycles. The lowest BCUT2D eigenvalue weighted by atomic mass is 9.94. The number of amides is 1. The smallest absolute Gasteiger partial charge is 0.416 e. The zero-order chi connectivity index (χ0) is 29.3. The third-order valence-electron chi connectivity index (χ3n) is 6.86. The van der Waals surface area contributed by atoms with Crippen LogP contribution in [-0.2, 0) is 27.7 Å². The summed E-state index contributed by atoms with van der Waals surface area (Å²) in [6.07, 6.45) is -4.49. The average molecular weight is 574 g/mol. The standard InChI is InChI=1S/C26H29F6N5O3/c1-15(2)37-11-7-6-10-24(26(30,31)32,39-14-16-8-4-3-5-9-16)23-36-35-22(40-23)21-18(33)12-17(25(27,28)29)19(34-21)13-20(37)38/h4,8-9,12,15H,3,5-7,10-11,13-14,33H2,1-2H3. The van der Waals surface area contributed by atoms with Gasteiger partial charge in [-0.05, 0) is 57.6 Å². The van der Waals surface area contributed by atoms with Crippen LogP contribution < -0.4 is 5.73 Å². The summed E-state index contributed by atoms with van der Waals surface area (Å²) in [5.41, 5.74) is 0.451. The summed E-state index contributed by atoms with van der Waals surface area (Å²) in [6.45, 7) is 2.95. The molecule has 14 heteroatoms. The molecule has 4 bridgehead atoms. The van der Waals surface area contributed by atoms with Gasteiger partial charge in [-0.1, -0.05) is 18.2 Å². The number of ether oxygens (including phenoxy) is 1. The first-order chi connectivity index (χ1) is 18.7. The van der Waals surface area contributed by atoms with Crippen LogP contribution in [0.25, 0.3) is 11.6 Å². The van der Waals surface area contributed by atoms with Crippen LogP contribution in [0.4, 0.5) is 32.0 Å². The van der Waals surface area contributed by atoms with E-state index in [1.54, 1.807) is 26.0 Å². The Morgan fingerprint density at radius 3 is 2.52 bits per heavy atom. The molecule has 1 amide bonds. The van der Waals surface area contributed by atoms with Crippen molar-refractivity contribution in [3.05, 3.63) is 47.0 Å². The SMILES string of the molecule is CC(C)N1CCCCC(OCC2=CCCC=C2)(C(F)(F)F)c2nnc(o2)-c2nc(c(C(F)(F)F)cc2N)CC1=O. The molecule has 2 N–H and O–H groups in total. The molecule has 2 aromatic rings. The van der Waals surface area contributed by atoms with E-state index in [1.165, 1.54) is 4.90 Å². The molecule has 2 aromatic heterocycles. The number of allylic oxidation sites excluding steroid dienone is 2. The Balaban J connectivity index is 1.86. The Kier molecular flexibility index (Phi) is 8.29. The van der Waals surface area contributed by atoms with Gasteiger partial charge in [-0.25, -0.2) is 4.98 Å². The normalized spacial score (nSPS) is 21.0. The molecule has 8 nitrogen and oxygen atoms in total. The number of nitrogens with zero attached hydrogens (tertiary/aromatic N) is 4. The van der Waals surface area contributed by atoms with E-state index < -0.39 is 83.8 Å². The summed E-state index contributed by atoms with van der Waals surface area (Å²) in [7, 11) is 0. The highest BCUT2D eigenvalue weighted by Gasteiger charge is 2.61. The number of nitrogens with two attached hydrogens (primary N) is 1. The van der Waals surface area contributed by atoms with Crippen molar-refractivity contribution in [1.82, 2.24) is 20.1 Å². The molecule has 1 aliphatic carbocycles. The molecule has 1 atom stereocenters. The molecule has 1 aliphatic heterocycles. The summed E-state index contributed by atoms with van der Waals surface area (Å²) in [5.74, 6) is -2.20. The van der Waals surface area contributed by atoms with Crippen LogP contribution in [0.2, 0.25) is 0 Å². The number of anilines is 1.